The van der Waals surface area contributed by atoms with Gasteiger partial charge in [0.05, 0.1) is 0 Å². The Morgan fingerprint density at radius 1 is 1.18 bits per heavy atom. The maximum Gasteiger partial charge on any atom is 0.0222 e. The van der Waals surface area contributed by atoms with Gasteiger partial charge in [-0.2, -0.15) is 0 Å². The zero-order valence-corrected chi connectivity index (χ0v) is 7.25. The van der Waals surface area contributed by atoms with E-state index in [1.54, 1.807) is 0 Å². The van der Waals surface area contributed by atoms with Crippen molar-refractivity contribution >= 4 is 0 Å². The Labute approximate surface area is 68.2 Å². The molecule has 0 amide bonds. The van der Waals surface area contributed by atoms with E-state index in [9.17, 15) is 0 Å². The Bertz CT molecular complexity index is 168. The lowest BCUT2D eigenvalue weighted by Crippen LogP contribution is -1.97. The van der Waals surface area contributed by atoms with E-state index >= 15 is 0 Å². The molecule has 2 nitrogen and oxygen atoms in total. The van der Waals surface area contributed by atoms with Crippen LogP contribution >= 0.6 is 0 Å². The van der Waals surface area contributed by atoms with E-state index in [-0.39, 0.29) is 5.48 Å². The van der Waals surface area contributed by atoms with Crippen LogP contribution in [0, 0.1) is 5.92 Å². The number of hydrogen-bond donors (Lipinski definition) is 0. The van der Waals surface area contributed by atoms with Crippen molar-refractivity contribution in [3.05, 3.63) is 24.5 Å². The average molecular weight is 155 g/mol. The van der Waals surface area contributed by atoms with Gasteiger partial charge in [-0.1, -0.05) is 13.8 Å². The maximum atomic E-state index is 2.25. The van der Waals surface area contributed by atoms with E-state index in [4.69, 9.17) is 0 Å². The van der Waals surface area contributed by atoms with Crippen molar-refractivity contribution in [3.8, 4) is 0 Å². The standard InChI is InChI=1S/C9H15N.H2O/c1-9(2)5-8-10-6-3-4-7-10;/h3-4,6-7,9H,5,8H2,1-2H3;1H2. The highest BCUT2D eigenvalue weighted by atomic mass is 16.0. The van der Waals surface area contributed by atoms with Crippen molar-refractivity contribution < 1.29 is 5.48 Å². The van der Waals surface area contributed by atoms with E-state index < -0.39 is 0 Å². The second-order valence-corrected chi connectivity index (χ2v) is 3.10. The molecule has 2 heteroatoms. The first-order valence-corrected chi connectivity index (χ1v) is 3.90. The van der Waals surface area contributed by atoms with E-state index in [1.807, 2.05) is 0 Å². The molecule has 1 aromatic rings. The molecule has 11 heavy (non-hydrogen) atoms. The normalized spacial score (nSPS) is 9.73. The molecule has 0 aliphatic rings. The molecular weight excluding hydrogens is 138 g/mol. The Morgan fingerprint density at radius 3 is 2.18 bits per heavy atom. The van der Waals surface area contributed by atoms with Crippen LogP contribution in [0.15, 0.2) is 24.5 Å². The molecule has 2 N–H and O–H groups in total. The molecule has 1 rings (SSSR count). The van der Waals surface area contributed by atoms with Gasteiger partial charge in [0.25, 0.3) is 0 Å². The van der Waals surface area contributed by atoms with Crippen molar-refractivity contribution in [2.24, 2.45) is 5.92 Å². The van der Waals surface area contributed by atoms with Crippen LogP contribution in [0.4, 0.5) is 0 Å². The van der Waals surface area contributed by atoms with Gasteiger partial charge in [0.1, 0.15) is 0 Å². The summed E-state index contributed by atoms with van der Waals surface area (Å²) in [6, 6.07) is 4.14. The van der Waals surface area contributed by atoms with E-state index in [0.717, 1.165) is 12.5 Å². The lowest BCUT2D eigenvalue weighted by atomic mass is 10.1. The zero-order valence-electron chi connectivity index (χ0n) is 7.25. The lowest BCUT2D eigenvalue weighted by molar-refractivity contribution is 0.517. The molecule has 0 radical (unpaired) electrons. The summed E-state index contributed by atoms with van der Waals surface area (Å²) in [6.45, 7) is 5.66. The van der Waals surface area contributed by atoms with Gasteiger partial charge < -0.3 is 10.0 Å². The van der Waals surface area contributed by atoms with Crippen LogP contribution in [0.3, 0.4) is 0 Å². The molecule has 1 aromatic heterocycles. The summed E-state index contributed by atoms with van der Waals surface area (Å²) in [6.07, 6.45) is 5.50. The predicted molar refractivity (Wildman–Crippen MR) is 47.5 cm³/mol. The van der Waals surface area contributed by atoms with Gasteiger partial charge in [0.15, 0.2) is 0 Å². The second kappa shape index (κ2) is 4.97. The molecule has 0 saturated heterocycles. The highest BCUT2D eigenvalue weighted by molar-refractivity contribution is 4.89. The van der Waals surface area contributed by atoms with Crippen molar-refractivity contribution in [2.75, 3.05) is 0 Å². The van der Waals surface area contributed by atoms with E-state index in [1.165, 1.54) is 6.42 Å². The first kappa shape index (κ1) is 10.2. The van der Waals surface area contributed by atoms with Crippen LogP contribution in [0.1, 0.15) is 20.3 Å². The second-order valence-electron chi connectivity index (χ2n) is 3.10. The van der Waals surface area contributed by atoms with Crippen LogP contribution in [-0.2, 0) is 6.54 Å². The summed E-state index contributed by atoms with van der Waals surface area (Å²) in [4.78, 5) is 0. The van der Waals surface area contributed by atoms with Gasteiger partial charge in [0.2, 0.25) is 0 Å². The topological polar surface area (TPSA) is 36.4 Å². The third-order valence-corrected chi connectivity index (χ3v) is 1.63. The molecule has 0 aliphatic carbocycles. The molecule has 1 heterocycles. The minimum atomic E-state index is 0. The fourth-order valence-electron chi connectivity index (χ4n) is 0.927. The first-order chi connectivity index (χ1) is 4.79. The lowest BCUT2D eigenvalue weighted by Gasteiger charge is -2.04. The molecule has 0 spiro atoms. The maximum absolute atomic E-state index is 2.25. The molecule has 0 saturated carbocycles. The summed E-state index contributed by atoms with van der Waals surface area (Å²) in [5, 5.41) is 0. The summed E-state index contributed by atoms with van der Waals surface area (Å²) >= 11 is 0. The zero-order chi connectivity index (χ0) is 7.40. The van der Waals surface area contributed by atoms with Crippen LogP contribution in [0.2, 0.25) is 0 Å². The van der Waals surface area contributed by atoms with Crippen LogP contribution in [-0.4, -0.2) is 10.0 Å². The number of aryl methyl sites for hydroxylation is 1. The minimum Gasteiger partial charge on any atom is -0.412 e. The Hall–Kier alpha value is -0.760. The monoisotopic (exact) mass is 155 g/mol. The molecular formula is C9H17NO. The Kier molecular flexibility index (Phi) is 4.62. The van der Waals surface area contributed by atoms with E-state index in [0.29, 0.717) is 0 Å². The molecule has 0 bridgehead atoms. The van der Waals surface area contributed by atoms with Gasteiger partial charge in [-0.25, -0.2) is 0 Å². The Balaban J connectivity index is 0.000001000. The summed E-state index contributed by atoms with van der Waals surface area (Å²) < 4.78 is 2.22. The predicted octanol–water partition coefficient (Wildman–Crippen LogP) is 1.71. The van der Waals surface area contributed by atoms with Crippen LogP contribution in [0.25, 0.3) is 0 Å². The largest absolute Gasteiger partial charge is 0.412 e. The van der Waals surface area contributed by atoms with Crippen molar-refractivity contribution in [1.29, 1.82) is 0 Å². The van der Waals surface area contributed by atoms with Gasteiger partial charge in [-0.05, 0) is 24.5 Å². The van der Waals surface area contributed by atoms with Crippen LogP contribution in [0.5, 0.6) is 0 Å². The number of nitrogens with zero attached hydrogens (tertiary/aromatic N) is 1. The number of aromatic nitrogens is 1. The SMILES string of the molecule is CC(C)CCn1cccc1.O. The fraction of sp³-hybridized carbons (Fsp3) is 0.556. The van der Waals surface area contributed by atoms with Gasteiger partial charge in [-0.15, -0.1) is 0 Å². The van der Waals surface area contributed by atoms with Gasteiger partial charge in [-0.3, -0.25) is 0 Å². The van der Waals surface area contributed by atoms with E-state index in [2.05, 4.69) is 42.9 Å². The van der Waals surface area contributed by atoms with Crippen molar-refractivity contribution in [1.82, 2.24) is 4.57 Å². The summed E-state index contributed by atoms with van der Waals surface area (Å²) in [5.74, 6) is 0.808. The van der Waals surface area contributed by atoms with Gasteiger partial charge in [0, 0.05) is 18.9 Å². The smallest absolute Gasteiger partial charge is 0.0222 e. The highest BCUT2D eigenvalue weighted by Crippen LogP contribution is 2.02. The molecule has 0 fully saturated rings. The molecule has 0 unspecified atom stereocenters. The average Bonchev–Trinajstić information content (AvgIpc) is 2.34. The number of hydrogen-bond acceptors (Lipinski definition) is 0. The molecule has 64 valence electrons. The quantitative estimate of drug-likeness (QED) is 0.637. The first-order valence-electron chi connectivity index (χ1n) is 3.90. The molecule has 0 aromatic carbocycles. The third kappa shape index (κ3) is 3.83. The highest BCUT2D eigenvalue weighted by Gasteiger charge is 1.92. The fourth-order valence-corrected chi connectivity index (χ4v) is 0.927. The van der Waals surface area contributed by atoms with Crippen molar-refractivity contribution in [3.63, 3.8) is 0 Å². The number of rotatable bonds is 3. The molecule has 0 atom stereocenters. The summed E-state index contributed by atoms with van der Waals surface area (Å²) in [5.41, 5.74) is 0. The van der Waals surface area contributed by atoms with Crippen LogP contribution < -0.4 is 0 Å². The Morgan fingerprint density at radius 2 is 1.73 bits per heavy atom. The van der Waals surface area contributed by atoms with Crippen molar-refractivity contribution in [2.45, 2.75) is 26.8 Å². The third-order valence-electron chi connectivity index (χ3n) is 1.63. The van der Waals surface area contributed by atoms with Gasteiger partial charge >= 0.3 is 0 Å². The minimum absolute atomic E-state index is 0. The summed E-state index contributed by atoms with van der Waals surface area (Å²) in [7, 11) is 0. The molecule has 0 aliphatic heterocycles.